The lowest BCUT2D eigenvalue weighted by atomic mass is 10.2. The van der Waals surface area contributed by atoms with Crippen molar-refractivity contribution in [3.63, 3.8) is 0 Å². The molecule has 3 N–H and O–H groups in total. The van der Waals surface area contributed by atoms with Gasteiger partial charge in [0.25, 0.3) is 5.91 Å². The van der Waals surface area contributed by atoms with E-state index in [1.54, 1.807) is 29.2 Å². The van der Waals surface area contributed by atoms with Crippen LogP contribution in [0.4, 0.5) is 0 Å². The SMILES string of the molecule is NC(=O)CCN(Cc1ccccc1)C(=S)NC(=O)c1ccccc1Cl. The lowest BCUT2D eigenvalue weighted by Crippen LogP contribution is -2.43. The van der Waals surface area contributed by atoms with Gasteiger partial charge < -0.3 is 10.6 Å². The molecule has 25 heavy (non-hydrogen) atoms. The number of amides is 2. The third kappa shape index (κ3) is 5.85. The van der Waals surface area contributed by atoms with Gasteiger partial charge in [-0.2, -0.15) is 0 Å². The molecule has 2 amide bonds. The predicted molar refractivity (Wildman–Crippen MR) is 102 cm³/mol. The normalized spacial score (nSPS) is 10.1. The summed E-state index contributed by atoms with van der Waals surface area (Å²) in [7, 11) is 0. The van der Waals surface area contributed by atoms with Gasteiger partial charge in [-0.1, -0.05) is 54.1 Å². The highest BCUT2D eigenvalue weighted by atomic mass is 35.5. The van der Waals surface area contributed by atoms with E-state index in [0.717, 1.165) is 5.56 Å². The fourth-order valence-electron chi connectivity index (χ4n) is 2.19. The van der Waals surface area contributed by atoms with Gasteiger partial charge in [0.2, 0.25) is 5.91 Å². The summed E-state index contributed by atoms with van der Waals surface area (Å²) >= 11 is 11.4. The maximum Gasteiger partial charge on any atom is 0.258 e. The topological polar surface area (TPSA) is 75.4 Å². The fraction of sp³-hybridized carbons (Fsp3) is 0.167. The second-order valence-electron chi connectivity index (χ2n) is 5.36. The summed E-state index contributed by atoms with van der Waals surface area (Å²) in [6.45, 7) is 0.765. The van der Waals surface area contributed by atoms with E-state index in [9.17, 15) is 9.59 Å². The maximum absolute atomic E-state index is 12.4. The Morgan fingerprint density at radius 3 is 2.36 bits per heavy atom. The monoisotopic (exact) mass is 375 g/mol. The molecule has 0 saturated carbocycles. The summed E-state index contributed by atoms with van der Waals surface area (Å²) in [6, 6.07) is 16.3. The van der Waals surface area contributed by atoms with Crippen LogP contribution in [0.5, 0.6) is 0 Å². The van der Waals surface area contributed by atoms with Crippen LogP contribution in [0, 0.1) is 0 Å². The average Bonchev–Trinajstić information content (AvgIpc) is 2.59. The fourth-order valence-corrected chi connectivity index (χ4v) is 2.66. The Bertz CT molecular complexity index is 768. The van der Waals surface area contributed by atoms with E-state index in [1.807, 2.05) is 30.3 Å². The van der Waals surface area contributed by atoms with Gasteiger partial charge >= 0.3 is 0 Å². The van der Waals surface area contributed by atoms with Gasteiger partial charge in [0.1, 0.15) is 0 Å². The number of carbonyl (C=O) groups excluding carboxylic acids is 2. The molecule has 0 radical (unpaired) electrons. The van der Waals surface area contributed by atoms with E-state index >= 15 is 0 Å². The number of nitrogens with zero attached hydrogens (tertiary/aromatic N) is 1. The van der Waals surface area contributed by atoms with Crippen molar-refractivity contribution in [1.29, 1.82) is 0 Å². The van der Waals surface area contributed by atoms with Crippen LogP contribution in [-0.2, 0) is 11.3 Å². The molecule has 0 saturated heterocycles. The van der Waals surface area contributed by atoms with Crippen LogP contribution in [0.1, 0.15) is 22.3 Å². The second-order valence-corrected chi connectivity index (χ2v) is 6.16. The summed E-state index contributed by atoms with van der Waals surface area (Å²) < 4.78 is 0. The first-order valence-corrected chi connectivity index (χ1v) is 8.43. The van der Waals surface area contributed by atoms with Crippen LogP contribution in [0.3, 0.4) is 0 Å². The molecule has 0 spiro atoms. The van der Waals surface area contributed by atoms with Gasteiger partial charge in [-0.15, -0.1) is 0 Å². The first kappa shape index (κ1) is 18.9. The van der Waals surface area contributed by atoms with Gasteiger partial charge in [0, 0.05) is 19.5 Å². The highest BCUT2D eigenvalue weighted by Gasteiger charge is 2.16. The van der Waals surface area contributed by atoms with Crippen molar-refractivity contribution in [1.82, 2.24) is 10.2 Å². The van der Waals surface area contributed by atoms with E-state index in [0.29, 0.717) is 23.7 Å². The Kier molecular flexibility index (Phi) is 6.91. The quantitative estimate of drug-likeness (QED) is 0.761. The van der Waals surface area contributed by atoms with Crippen LogP contribution < -0.4 is 11.1 Å². The third-order valence-electron chi connectivity index (χ3n) is 3.47. The minimum Gasteiger partial charge on any atom is -0.370 e. The van der Waals surface area contributed by atoms with Crippen molar-refractivity contribution in [2.45, 2.75) is 13.0 Å². The molecular weight excluding hydrogens is 358 g/mol. The minimum absolute atomic E-state index is 0.134. The number of hydrogen-bond donors (Lipinski definition) is 2. The highest BCUT2D eigenvalue weighted by molar-refractivity contribution is 7.80. The van der Waals surface area contributed by atoms with Gasteiger partial charge in [0.05, 0.1) is 10.6 Å². The first-order valence-electron chi connectivity index (χ1n) is 7.64. The van der Waals surface area contributed by atoms with E-state index < -0.39 is 11.8 Å². The van der Waals surface area contributed by atoms with Gasteiger partial charge in [0.15, 0.2) is 5.11 Å². The largest absolute Gasteiger partial charge is 0.370 e. The number of carbonyl (C=O) groups is 2. The zero-order chi connectivity index (χ0) is 18.2. The number of nitrogens with two attached hydrogens (primary N) is 1. The van der Waals surface area contributed by atoms with Crippen molar-refractivity contribution >= 4 is 40.7 Å². The number of rotatable bonds is 6. The Morgan fingerprint density at radius 2 is 1.72 bits per heavy atom. The molecule has 7 heteroatoms. The van der Waals surface area contributed by atoms with Crippen LogP contribution >= 0.6 is 23.8 Å². The zero-order valence-corrected chi connectivity index (χ0v) is 15.0. The van der Waals surface area contributed by atoms with Crippen molar-refractivity contribution in [2.24, 2.45) is 5.73 Å². The Balaban J connectivity index is 2.09. The highest BCUT2D eigenvalue weighted by Crippen LogP contribution is 2.15. The molecule has 0 bridgehead atoms. The average molecular weight is 376 g/mol. The number of hydrogen-bond acceptors (Lipinski definition) is 3. The summed E-state index contributed by atoms with van der Waals surface area (Å²) in [6.07, 6.45) is 0.134. The molecule has 2 aromatic carbocycles. The molecule has 0 fully saturated rings. The molecule has 0 aliphatic carbocycles. The standard InChI is InChI=1S/C18H18ClN3O2S/c19-15-9-5-4-8-14(15)17(24)21-18(25)22(11-10-16(20)23)12-13-6-2-1-3-7-13/h1-9H,10-12H2,(H2,20,23)(H,21,24,25). The van der Waals surface area contributed by atoms with Gasteiger partial charge in [-0.05, 0) is 29.9 Å². The van der Waals surface area contributed by atoms with E-state index in [-0.39, 0.29) is 11.5 Å². The number of thiocarbonyl (C=S) groups is 1. The first-order chi connectivity index (χ1) is 12.0. The molecule has 0 heterocycles. The van der Waals surface area contributed by atoms with E-state index in [1.165, 1.54) is 0 Å². The molecule has 0 aliphatic heterocycles. The number of benzene rings is 2. The summed E-state index contributed by atoms with van der Waals surface area (Å²) in [4.78, 5) is 25.2. The second kappa shape index (κ2) is 9.15. The number of halogens is 1. The van der Waals surface area contributed by atoms with Crippen LogP contribution in [0.15, 0.2) is 54.6 Å². The maximum atomic E-state index is 12.4. The third-order valence-corrected chi connectivity index (χ3v) is 4.16. The van der Waals surface area contributed by atoms with Crippen molar-refractivity contribution in [3.05, 3.63) is 70.7 Å². The summed E-state index contributed by atoms with van der Waals surface area (Å²) in [5, 5.41) is 3.22. The lowest BCUT2D eigenvalue weighted by molar-refractivity contribution is -0.118. The summed E-state index contributed by atoms with van der Waals surface area (Å²) in [5.74, 6) is -0.828. The Labute approximate surface area is 156 Å². The molecule has 130 valence electrons. The van der Waals surface area contributed by atoms with Gasteiger partial charge in [-0.25, -0.2) is 0 Å². The summed E-state index contributed by atoms with van der Waals surface area (Å²) in [5.41, 5.74) is 6.57. The van der Waals surface area contributed by atoms with Crippen LogP contribution in [0.25, 0.3) is 0 Å². The number of primary amides is 1. The molecule has 2 rings (SSSR count). The molecular formula is C18H18ClN3O2S. The molecule has 5 nitrogen and oxygen atoms in total. The minimum atomic E-state index is -0.432. The van der Waals surface area contributed by atoms with Crippen LogP contribution in [-0.4, -0.2) is 28.4 Å². The molecule has 0 unspecified atom stereocenters. The molecule has 0 atom stereocenters. The van der Waals surface area contributed by atoms with Crippen molar-refractivity contribution in [2.75, 3.05) is 6.54 Å². The molecule has 0 aromatic heterocycles. The van der Waals surface area contributed by atoms with Crippen LogP contribution in [0.2, 0.25) is 5.02 Å². The predicted octanol–water partition coefficient (Wildman–Crippen LogP) is 2.73. The van der Waals surface area contributed by atoms with Crippen molar-refractivity contribution < 1.29 is 9.59 Å². The molecule has 2 aromatic rings. The van der Waals surface area contributed by atoms with Gasteiger partial charge in [-0.3, -0.25) is 14.9 Å². The smallest absolute Gasteiger partial charge is 0.258 e. The number of nitrogens with one attached hydrogen (secondary N) is 1. The van der Waals surface area contributed by atoms with Crippen molar-refractivity contribution in [3.8, 4) is 0 Å². The molecule has 0 aliphatic rings. The van der Waals surface area contributed by atoms with E-state index in [2.05, 4.69) is 5.32 Å². The Hall–Kier alpha value is -2.44. The van der Waals surface area contributed by atoms with E-state index in [4.69, 9.17) is 29.6 Å². The lowest BCUT2D eigenvalue weighted by Gasteiger charge is -2.25. The Morgan fingerprint density at radius 1 is 1.08 bits per heavy atom. The zero-order valence-electron chi connectivity index (χ0n) is 13.4.